The van der Waals surface area contributed by atoms with Gasteiger partial charge in [-0.25, -0.2) is 4.79 Å². The lowest BCUT2D eigenvalue weighted by Gasteiger charge is -2.17. The lowest BCUT2D eigenvalue weighted by molar-refractivity contribution is 0.210. The van der Waals surface area contributed by atoms with E-state index in [9.17, 15) is 4.79 Å². The van der Waals surface area contributed by atoms with Gasteiger partial charge in [0.1, 0.15) is 5.75 Å². The van der Waals surface area contributed by atoms with Gasteiger partial charge in [-0.2, -0.15) is 0 Å². The molecule has 0 bridgehead atoms. The lowest BCUT2D eigenvalue weighted by atomic mass is 10.2. The zero-order valence-electron chi connectivity index (χ0n) is 18.9. The van der Waals surface area contributed by atoms with Crippen molar-refractivity contribution >= 4 is 23.1 Å². The highest BCUT2D eigenvalue weighted by Crippen LogP contribution is 2.28. The Bertz CT molecular complexity index is 951. The van der Waals surface area contributed by atoms with Crippen LogP contribution in [-0.2, 0) is 0 Å². The standard InChI is InChI=1S/C25H33N5O2/c1-3-4-7-20-17-30(29-28-20)21-13-11-19(12-14-21)26-25(31)27-24-16-23(15-10-18(24)2)32-22-8-5-6-9-22/h10-17,22,28-29H,3-9H2,1-2H3,(H2,26,27,31). The molecule has 1 heterocycles. The van der Waals surface area contributed by atoms with Crippen LogP contribution >= 0.6 is 0 Å². The molecule has 0 saturated heterocycles. The van der Waals surface area contributed by atoms with Gasteiger partial charge in [-0.1, -0.05) is 19.4 Å². The molecule has 7 heteroatoms. The molecule has 0 radical (unpaired) electrons. The first-order valence-corrected chi connectivity index (χ1v) is 11.6. The first-order valence-electron chi connectivity index (χ1n) is 11.6. The molecular weight excluding hydrogens is 402 g/mol. The highest BCUT2D eigenvalue weighted by Gasteiger charge is 2.17. The molecule has 0 spiro atoms. The van der Waals surface area contributed by atoms with E-state index in [2.05, 4.69) is 34.7 Å². The molecule has 4 N–H and O–H groups in total. The van der Waals surface area contributed by atoms with Crippen LogP contribution < -0.4 is 31.3 Å². The molecule has 2 aliphatic rings. The number of rotatable bonds is 8. The first kappa shape index (κ1) is 22.0. The van der Waals surface area contributed by atoms with Gasteiger partial charge in [0.2, 0.25) is 0 Å². The lowest BCUT2D eigenvalue weighted by Crippen LogP contribution is -2.36. The monoisotopic (exact) mass is 435 g/mol. The first-order chi connectivity index (χ1) is 15.6. The minimum atomic E-state index is -0.276. The minimum absolute atomic E-state index is 0.276. The van der Waals surface area contributed by atoms with Crippen molar-refractivity contribution in [1.82, 2.24) is 11.0 Å². The van der Waals surface area contributed by atoms with Crippen LogP contribution in [0.1, 0.15) is 57.4 Å². The number of ether oxygens (including phenoxy) is 1. The third-order valence-electron chi connectivity index (χ3n) is 5.89. The van der Waals surface area contributed by atoms with Crippen LogP contribution in [0.3, 0.4) is 0 Å². The maximum Gasteiger partial charge on any atom is 0.323 e. The van der Waals surface area contributed by atoms with Gasteiger partial charge in [0.05, 0.1) is 11.8 Å². The third-order valence-corrected chi connectivity index (χ3v) is 5.89. The zero-order valence-corrected chi connectivity index (χ0v) is 18.9. The molecule has 0 atom stereocenters. The summed E-state index contributed by atoms with van der Waals surface area (Å²) in [6.45, 7) is 4.16. The third kappa shape index (κ3) is 5.73. The van der Waals surface area contributed by atoms with Crippen LogP contribution in [0.15, 0.2) is 54.4 Å². The molecule has 7 nitrogen and oxygen atoms in total. The Hall–Kier alpha value is -3.19. The number of hydrogen-bond acceptors (Lipinski definition) is 5. The largest absolute Gasteiger partial charge is 0.490 e. The average molecular weight is 436 g/mol. The minimum Gasteiger partial charge on any atom is -0.490 e. The molecule has 1 saturated carbocycles. The smallest absolute Gasteiger partial charge is 0.323 e. The molecule has 4 rings (SSSR count). The maximum atomic E-state index is 12.6. The van der Waals surface area contributed by atoms with Crippen molar-refractivity contribution in [3.63, 3.8) is 0 Å². The predicted molar refractivity (Wildman–Crippen MR) is 130 cm³/mol. The van der Waals surface area contributed by atoms with Crippen LogP contribution in [0.2, 0.25) is 0 Å². The van der Waals surface area contributed by atoms with E-state index < -0.39 is 0 Å². The van der Waals surface area contributed by atoms with Crippen LogP contribution in [0, 0.1) is 6.92 Å². The Balaban J connectivity index is 1.33. The summed E-state index contributed by atoms with van der Waals surface area (Å²) in [5, 5.41) is 7.79. The summed E-state index contributed by atoms with van der Waals surface area (Å²) in [5.74, 6) is 0.806. The number of hydrazine groups is 2. The summed E-state index contributed by atoms with van der Waals surface area (Å²) >= 11 is 0. The fourth-order valence-corrected chi connectivity index (χ4v) is 3.98. The molecule has 32 heavy (non-hydrogen) atoms. The van der Waals surface area contributed by atoms with E-state index in [0.29, 0.717) is 0 Å². The molecular formula is C25H33N5O2. The topological polar surface area (TPSA) is 77.7 Å². The Morgan fingerprint density at radius 1 is 1.12 bits per heavy atom. The van der Waals surface area contributed by atoms with Crippen LogP contribution in [0.4, 0.5) is 21.9 Å². The summed E-state index contributed by atoms with van der Waals surface area (Å²) < 4.78 is 6.07. The van der Waals surface area contributed by atoms with Crippen molar-refractivity contribution in [3.8, 4) is 5.75 Å². The molecule has 2 aromatic rings. The molecule has 0 aromatic heterocycles. The second-order valence-corrected chi connectivity index (χ2v) is 8.49. The molecule has 1 aliphatic carbocycles. The number of aryl methyl sites for hydroxylation is 1. The number of allylic oxidation sites excluding steroid dienone is 1. The van der Waals surface area contributed by atoms with E-state index in [0.717, 1.165) is 54.1 Å². The predicted octanol–water partition coefficient (Wildman–Crippen LogP) is 5.82. The molecule has 0 unspecified atom stereocenters. The second kappa shape index (κ2) is 10.4. The Kier molecular flexibility index (Phi) is 7.17. The summed E-state index contributed by atoms with van der Waals surface area (Å²) in [4.78, 5) is 12.6. The molecule has 1 aliphatic heterocycles. The SMILES string of the molecule is CCCCC1=CN(c2ccc(NC(=O)Nc3cc(OC4CCCC4)ccc3C)cc2)NN1. The molecule has 2 aromatic carbocycles. The summed E-state index contributed by atoms with van der Waals surface area (Å²) in [7, 11) is 0. The number of amides is 2. The van der Waals surface area contributed by atoms with Crippen LogP contribution in [-0.4, -0.2) is 12.1 Å². The molecule has 170 valence electrons. The number of benzene rings is 2. The number of hydrogen-bond donors (Lipinski definition) is 4. The Morgan fingerprint density at radius 2 is 1.91 bits per heavy atom. The van der Waals surface area contributed by atoms with Crippen molar-refractivity contribution in [3.05, 3.63) is 59.9 Å². The maximum absolute atomic E-state index is 12.6. The van der Waals surface area contributed by atoms with Gasteiger partial charge in [-0.3, -0.25) is 5.01 Å². The highest BCUT2D eigenvalue weighted by molar-refractivity contribution is 6.00. The summed E-state index contributed by atoms with van der Waals surface area (Å²) in [5.41, 5.74) is 11.0. The highest BCUT2D eigenvalue weighted by atomic mass is 16.5. The Labute approximate surface area is 190 Å². The Morgan fingerprint density at radius 3 is 2.66 bits per heavy atom. The van der Waals surface area contributed by atoms with E-state index in [1.54, 1.807) is 0 Å². The number of urea groups is 1. The normalized spacial score (nSPS) is 15.9. The second-order valence-electron chi connectivity index (χ2n) is 8.49. The van der Waals surface area contributed by atoms with Gasteiger partial charge >= 0.3 is 6.03 Å². The van der Waals surface area contributed by atoms with Crippen molar-refractivity contribution in [1.29, 1.82) is 0 Å². The van der Waals surface area contributed by atoms with E-state index in [4.69, 9.17) is 4.74 Å². The van der Waals surface area contributed by atoms with Gasteiger partial charge in [0.25, 0.3) is 0 Å². The number of unbranched alkanes of at least 4 members (excludes halogenated alkanes) is 1. The van der Waals surface area contributed by atoms with E-state index >= 15 is 0 Å². The fourth-order valence-electron chi connectivity index (χ4n) is 3.98. The number of carbonyl (C=O) groups excluding carboxylic acids is 1. The molecule has 2 amide bonds. The van der Waals surface area contributed by atoms with Crippen molar-refractivity contribution in [2.24, 2.45) is 0 Å². The van der Waals surface area contributed by atoms with E-state index in [1.807, 2.05) is 54.4 Å². The van der Waals surface area contributed by atoms with Crippen LogP contribution in [0.25, 0.3) is 0 Å². The summed E-state index contributed by atoms with van der Waals surface area (Å²) in [6, 6.07) is 13.3. The fraction of sp³-hybridized carbons (Fsp3) is 0.400. The molecule has 1 fully saturated rings. The van der Waals surface area contributed by atoms with E-state index in [1.165, 1.54) is 25.0 Å². The van der Waals surface area contributed by atoms with Crippen LogP contribution in [0.5, 0.6) is 5.75 Å². The zero-order chi connectivity index (χ0) is 22.3. The average Bonchev–Trinajstić information content (AvgIpc) is 3.47. The summed E-state index contributed by atoms with van der Waals surface area (Å²) in [6.07, 6.45) is 10.3. The number of nitrogens with zero attached hydrogens (tertiary/aromatic N) is 1. The quantitative estimate of drug-likeness (QED) is 0.420. The number of anilines is 3. The number of carbonyl (C=O) groups is 1. The van der Waals surface area contributed by atoms with Crippen molar-refractivity contribution in [2.75, 3.05) is 15.6 Å². The van der Waals surface area contributed by atoms with Gasteiger partial charge in [0.15, 0.2) is 0 Å². The van der Waals surface area contributed by atoms with Gasteiger partial charge in [0, 0.05) is 29.3 Å². The van der Waals surface area contributed by atoms with Gasteiger partial charge in [-0.15, -0.1) is 5.53 Å². The van der Waals surface area contributed by atoms with Gasteiger partial charge in [-0.05, 0) is 81.3 Å². The van der Waals surface area contributed by atoms with Crippen molar-refractivity contribution < 1.29 is 9.53 Å². The van der Waals surface area contributed by atoms with E-state index in [-0.39, 0.29) is 12.1 Å². The number of nitrogens with one attached hydrogen (secondary N) is 4. The van der Waals surface area contributed by atoms with Crippen molar-refractivity contribution in [2.45, 2.75) is 64.9 Å². The van der Waals surface area contributed by atoms with Gasteiger partial charge < -0.3 is 20.8 Å².